The first-order chi connectivity index (χ1) is 9.10. The fourth-order valence-electron chi connectivity index (χ4n) is 1.86. The SMILES string of the molecule is CC(C)c1cccc(N(C)Cc2noc(CN)n2)c1. The number of anilines is 1. The van der Waals surface area contributed by atoms with Gasteiger partial charge in [-0.1, -0.05) is 31.1 Å². The van der Waals surface area contributed by atoms with Gasteiger partial charge in [0.25, 0.3) is 0 Å². The molecule has 0 aliphatic carbocycles. The van der Waals surface area contributed by atoms with E-state index in [-0.39, 0.29) is 6.54 Å². The van der Waals surface area contributed by atoms with Crippen molar-refractivity contribution in [1.29, 1.82) is 0 Å². The summed E-state index contributed by atoms with van der Waals surface area (Å²) in [5.41, 5.74) is 7.91. The second kappa shape index (κ2) is 5.84. The lowest BCUT2D eigenvalue weighted by Crippen LogP contribution is -2.17. The quantitative estimate of drug-likeness (QED) is 0.893. The van der Waals surface area contributed by atoms with Crippen LogP contribution >= 0.6 is 0 Å². The maximum Gasteiger partial charge on any atom is 0.240 e. The molecule has 5 nitrogen and oxygen atoms in total. The van der Waals surface area contributed by atoms with Crippen LogP contribution in [0.1, 0.15) is 37.0 Å². The summed E-state index contributed by atoms with van der Waals surface area (Å²) in [5, 5.41) is 3.90. The van der Waals surface area contributed by atoms with Gasteiger partial charge in [0.05, 0.1) is 13.1 Å². The predicted octanol–water partition coefficient (Wildman–Crippen LogP) is 2.29. The largest absolute Gasteiger partial charge is 0.367 e. The van der Waals surface area contributed by atoms with Crippen LogP contribution in [0.25, 0.3) is 0 Å². The van der Waals surface area contributed by atoms with Crippen LogP contribution in [0.2, 0.25) is 0 Å². The Hall–Kier alpha value is -1.88. The summed E-state index contributed by atoms with van der Waals surface area (Å²) in [4.78, 5) is 6.30. The Morgan fingerprint density at radius 2 is 2.16 bits per heavy atom. The monoisotopic (exact) mass is 260 g/mol. The van der Waals surface area contributed by atoms with Gasteiger partial charge in [0.2, 0.25) is 5.89 Å². The molecule has 2 N–H and O–H groups in total. The number of benzene rings is 1. The zero-order chi connectivity index (χ0) is 13.8. The van der Waals surface area contributed by atoms with Crippen molar-refractivity contribution in [1.82, 2.24) is 10.1 Å². The molecule has 0 bridgehead atoms. The van der Waals surface area contributed by atoms with Gasteiger partial charge in [0.15, 0.2) is 5.82 Å². The molecule has 0 saturated carbocycles. The first kappa shape index (κ1) is 13.5. The Bertz CT molecular complexity index is 536. The fraction of sp³-hybridized carbons (Fsp3) is 0.429. The van der Waals surface area contributed by atoms with Crippen LogP contribution in [0.3, 0.4) is 0 Å². The minimum absolute atomic E-state index is 0.277. The van der Waals surface area contributed by atoms with Gasteiger partial charge in [-0.3, -0.25) is 0 Å². The van der Waals surface area contributed by atoms with E-state index in [0.717, 1.165) is 5.69 Å². The van der Waals surface area contributed by atoms with Crippen LogP contribution in [-0.2, 0) is 13.1 Å². The average Bonchev–Trinajstić information content (AvgIpc) is 2.86. The molecule has 102 valence electrons. The fourth-order valence-corrected chi connectivity index (χ4v) is 1.86. The third kappa shape index (κ3) is 3.32. The van der Waals surface area contributed by atoms with E-state index in [2.05, 4.69) is 53.2 Å². The molecule has 5 heteroatoms. The van der Waals surface area contributed by atoms with Crippen LogP contribution in [-0.4, -0.2) is 17.2 Å². The molecule has 0 amide bonds. The Morgan fingerprint density at radius 1 is 1.37 bits per heavy atom. The molecule has 0 atom stereocenters. The molecule has 0 spiro atoms. The van der Waals surface area contributed by atoms with E-state index in [9.17, 15) is 0 Å². The number of nitrogens with two attached hydrogens (primary N) is 1. The number of aromatic nitrogens is 2. The minimum atomic E-state index is 0.277. The summed E-state index contributed by atoms with van der Waals surface area (Å²) < 4.78 is 5.00. The Morgan fingerprint density at radius 3 is 2.79 bits per heavy atom. The second-order valence-electron chi connectivity index (χ2n) is 4.91. The van der Waals surface area contributed by atoms with Crippen molar-refractivity contribution in [2.75, 3.05) is 11.9 Å². The van der Waals surface area contributed by atoms with Gasteiger partial charge in [-0.05, 0) is 23.6 Å². The van der Waals surface area contributed by atoms with E-state index in [1.807, 2.05) is 7.05 Å². The van der Waals surface area contributed by atoms with Crippen LogP contribution in [0.4, 0.5) is 5.69 Å². The zero-order valence-electron chi connectivity index (χ0n) is 11.6. The standard InChI is InChI=1S/C14H20N4O/c1-10(2)11-5-4-6-12(7-11)18(3)9-13-16-14(8-15)19-17-13/h4-7,10H,8-9,15H2,1-3H3. The minimum Gasteiger partial charge on any atom is -0.367 e. The lowest BCUT2D eigenvalue weighted by molar-refractivity contribution is 0.374. The normalized spacial score (nSPS) is 11.0. The molecule has 0 fully saturated rings. The van der Waals surface area contributed by atoms with E-state index in [1.165, 1.54) is 5.56 Å². The van der Waals surface area contributed by atoms with Gasteiger partial charge in [-0.25, -0.2) is 0 Å². The van der Waals surface area contributed by atoms with E-state index in [0.29, 0.717) is 24.2 Å². The van der Waals surface area contributed by atoms with Crippen LogP contribution < -0.4 is 10.6 Å². The van der Waals surface area contributed by atoms with Crippen molar-refractivity contribution in [3.05, 3.63) is 41.5 Å². The van der Waals surface area contributed by atoms with Gasteiger partial charge >= 0.3 is 0 Å². The Kier molecular flexibility index (Phi) is 4.16. The van der Waals surface area contributed by atoms with E-state index in [1.54, 1.807) is 0 Å². The summed E-state index contributed by atoms with van der Waals surface area (Å²) in [6.45, 7) is 5.25. The van der Waals surface area contributed by atoms with Gasteiger partial charge in [-0.15, -0.1) is 0 Å². The highest BCUT2D eigenvalue weighted by Gasteiger charge is 2.09. The van der Waals surface area contributed by atoms with Crippen LogP contribution in [0.15, 0.2) is 28.8 Å². The van der Waals surface area contributed by atoms with Gasteiger partial charge in [0.1, 0.15) is 0 Å². The van der Waals surface area contributed by atoms with Gasteiger partial charge < -0.3 is 15.2 Å². The summed E-state index contributed by atoms with van der Waals surface area (Å²) in [7, 11) is 2.01. The van der Waals surface area contributed by atoms with Crippen molar-refractivity contribution in [3.63, 3.8) is 0 Å². The first-order valence-electron chi connectivity index (χ1n) is 6.42. The lowest BCUT2D eigenvalue weighted by Gasteiger charge is -2.18. The summed E-state index contributed by atoms with van der Waals surface area (Å²) >= 11 is 0. The maximum atomic E-state index is 5.45. The lowest BCUT2D eigenvalue weighted by atomic mass is 10.0. The number of nitrogens with zero attached hydrogens (tertiary/aromatic N) is 3. The zero-order valence-corrected chi connectivity index (χ0v) is 11.6. The molecule has 19 heavy (non-hydrogen) atoms. The highest BCUT2D eigenvalue weighted by molar-refractivity contribution is 5.48. The molecule has 0 saturated heterocycles. The molecule has 0 radical (unpaired) electrons. The molecule has 1 aromatic heterocycles. The van der Waals surface area contributed by atoms with Crippen molar-refractivity contribution in [2.45, 2.75) is 32.9 Å². The van der Waals surface area contributed by atoms with E-state index in [4.69, 9.17) is 10.3 Å². The van der Waals surface area contributed by atoms with Gasteiger partial charge in [-0.2, -0.15) is 4.98 Å². The van der Waals surface area contributed by atoms with Crippen LogP contribution in [0, 0.1) is 0 Å². The molecule has 1 aromatic carbocycles. The first-order valence-corrected chi connectivity index (χ1v) is 6.42. The number of hydrogen-bond donors (Lipinski definition) is 1. The number of rotatable bonds is 5. The van der Waals surface area contributed by atoms with Crippen molar-refractivity contribution < 1.29 is 4.52 Å². The van der Waals surface area contributed by atoms with Crippen molar-refractivity contribution >= 4 is 5.69 Å². The predicted molar refractivity (Wildman–Crippen MR) is 74.8 cm³/mol. The molecule has 0 aliphatic rings. The Labute approximate surface area is 113 Å². The highest BCUT2D eigenvalue weighted by Crippen LogP contribution is 2.21. The Balaban J connectivity index is 2.10. The number of hydrogen-bond acceptors (Lipinski definition) is 5. The summed E-state index contributed by atoms with van der Waals surface area (Å²) in [6, 6.07) is 8.48. The molecular weight excluding hydrogens is 240 g/mol. The second-order valence-corrected chi connectivity index (χ2v) is 4.91. The molecular formula is C14H20N4O. The average molecular weight is 260 g/mol. The third-order valence-corrected chi connectivity index (χ3v) is 3.04. The molecule has 2 aromatic rings. The van der Waals surface area contributed by atoms with Gasteiger partial charge in [0, 0.05) is 12.7 Å². The smallest absolute Gasteiger partial charge is 0.240 e. The summed E-state index contributed by atoms with van der Waals surface area (Å²) in [5.74, 6) is 1.64. The maximum absolute atomic E-state index is 5.45. The molecule has 0 unspecified atom stereocenters. The molecule has 0 aliphatic heterocycles. The van der Waals surface area contributed by atoms with E-state index >= 15 is 0 Å². The molecule has 1 heterocycles. The van der Waals surface area contributed by atoms with Crippen LogP contribution in [0.5, 0.6) is 0 Å². The highest BCUT2D eigenvalue weighted by atomic mass is 16.5. The van der Waals surface area contributed by atoms with E-state index < -0.39 is 0 Å². The third-order valence-electron chi connectivity index (χ3n) is 3.04. The topological polar surface area (TPSA) is 68.2 Å². The van der Waals surface area contributed by atoms with Crippen molar-refractivity contribution in [3.8, 4) is 0 Å². The van der Waals surface area contributed by atoms with Crippen molar-refractivity contribution in [2.24, 2.45) is 5.73 Å². The summed E-state index contributed by atoms with van der Waals surface area (Å²) in [6.07, 6.45) is 0. The molecule has 2 rings (SSSR count).